The van der Waals surface area contributed by atoms with Crippen LogP contribution in [0, 0.1) is 0 Å². The normalized spacial score (nSPS) is 24.4. The van der Waals surface area contributed by atoms with Gasteiger partial charge in [0.05, 0.1) is 18.6 Å². The first-order chi connectivity index (χ1) is 8.01. The van der Waals surface area contributed by atoms with Crippen molar-refractivity contribution < 1.29 is 9.47 Å². The molecule has 1 spiro atoms. The number of ether oxygens (including phenoxy) is 2. The van der Waals surface area contributed by atoms with Crippen molar-refractivity contribution in [3.63, 3.8) is 0 Å². The summed E-state index contributed by atoms with van der Waals surface area (Å²) in [5.41, 5.74) is 2.47. The van der Waals surface area contributed by atoms with Gasteiger partial charge in [-0.3, -0.25) is 0 Å². The third-order valence-corrected chi connectivity index (χ3v) is 4.06. The molecule has 3 rings (SSSR count). The minimum atomic E-state index is -0.455. The van der Waals surface area contributed by atoms with E-state index >= 15 is 0 Å². The molecule has 3 nitrogen and oxygen atoms in total. The van der Waals surface area contributed by atoms with Crippen molar-refractivity contribution in [2.45, 2.75) is 25.0 Å². The fourth-order valence-corrected chi connectivity index (χ4v) is 2.81. The van der Waals surface area contributed by atoms with Gasteiger partial charge in [0.15, 0.2) is 5.79 Å². The number of nitrogens with one attached hydrogen (secondary N) is 1. The lowest BCUT2D eigenvalue weighted by Gasteiger charge is -2.41. The first kappa shape index (κ1) is 11.5. The summed E-state index contributed by atoms with van der Waals surface area (Å²) in [6.45, 7) is 6.23. The van der Waals surface area contributed by atoms with Crippen molar-refractivity contribution in [2.24, 2.45) is 0 Å². The molecule has 1 aromatic rings. The molecule has 0 saturated carbocycles. The summed E-state index contributed by atoms with van der Waals surface area (Å²) in [5.74, 6) is -0.455. The van der Waals surface area contributed by atoms with Crippen LogP contribution in [0.3, 0.4) is 0 Å². The van der Waals surface area contributed by atoms with Crippen molar-refractivity contribution in [3.05, 3.63) is 28.2 Å². The fraction of sp³-hybridized carbons (Fsp3) is 0.538. The lowest BCUT2D eigenvalue weighted by molar-refractivity contribution is -0.266. The maximum atomic E-state index is 5.82. The van der Waals surface area contributed by atoms with Gasteiger partial charge in [-0.2, -0.15) is 0 Å². The smallest absolute Gasteiger partial charge is 0.162 e. The predicted octanol–water partition coefficient (Wildman–Crippen LogP) is 2.90. The van der Waals surface area contributed by atoms with Crippen LogP contribution in [0.4, 0.5) is 5.69 Å². The molecule has 4 heteroatoms. The van der Waals surface area contributed by atoms with Crippen LogP contribution in [-0.2, 0) is 14.9 Å². The minimum absolute atomic E-state index is 0.0223. The standard InChI is InChI=1S/C13H16BrNO2/c1-12(2)16-7-13(8-17-12)6-15-11-5-9(14)3-4-10(11)13/h3-5,15H,6-8H2,1-2H3. The van der Waals surface area contributed by atoms with E-state index in [1.165, 1.54) is 11.3 Å². The molecule has 1 aromatic carbocycles. The highest BCUT2D eigenvalue weighted by atomic mass is 79.9. The van der Waals surface area contributed by atoms with Crippen molar-refractivity contribution in [2.75, 3.05) is 25.1 Å². The number of rotatable bonds is 0. The van der Waals surface area contributed by atoms with Crippen molar-refractivity contribution in [1.82, 2.24) is 0 Å². The van der Waals surface area contributed by atoms with E-state index in [0.29, 0.717) is 13.2 Å². The molecule has 0 atom stereocenters. The van der Waals surface area contributed by atoms with E-state index in [2.05, 4.69) is 39.4 Å². The molecule has 0 bridgehead atoms. The third kappa shape index (κ3) is 1.88. The van der Waals surface area contributed by atoms with Crippen LogP contribution in [-0.4, -0.2) is 25.5 Å². The monoisotopic (exact) mass is 297 g/mol. The van der Waals surface area contributed by atoms with E-state index in [1.807, 2.05) is 13.8 Å². The molecule has 1 saturated heterocycles. The second-order valence-corrected chi connectivity index (χ2v) is 6.22. The van der Waals surface area contributed by atoms with Crippen molar-refractivity contribution >= 4 is 21.6 Å². The maximum absolute atomic E-state index is 5.82. The van der Waals surface area contributed by atoms with E-state index < -0.39 is 5.79 Å². The Bertz CT molecular complexity index is 449. The topological polar surface area (TPSA) is 30.5 Å². The van der Waals surface area contributed by atoms with Crippen LogP contribution in [0.15, 0.2) is 22.7 Å². The van der Waals surface area contributed by atoms with E-state index in [-0.39, 0.29) is 5.41 Å². The van der Waals surface area contributed by atoms with Gasteiger partial charge in [0.2, 0.25) is 0 Å². The largest absolute Gasteiger partial charge is 0.384 e. The van der Waals surface area contributed by atoms with Gasteiger partial charge in [0.1, 0.15) is 0 Å². The van der Waals surface area contributed by atoms with Gasteiger partial charge in [-0.15, -0.1) is 0 Å². The Morgan fingerprint density at radius 3 is 2.65 bits per heavy atom. The summed E-state index contributed by atoms with van der Waals surface area (Å²) in [6.07, 6.45) is 0. The van der Waals surface area contributed by atoms with Crippen LogP contribution in [0.25, 0.3) is 0 Å². The van der Waals surface area contributed by atoms with Gasteiger partial charge in [0, 0.05) is 16.7 Å². The highest BCUT2D eigenvalue weighted by molar-refractivity contribution is 9.10. The summed E-state index contributed by atoms with van der Waals surface area (Å²) < 4.78 is 12.7. The lowest BCUT2D eigenvalue weighted by atomic mass is 9.83. The zero-order valence-electron chi connectivity index (χ0n) is 10.0. The molecule has 0 aromatic heterocycles. The first-order valence-corrected chi connectivity index (χ1v) is 6.62. The number of anilines is 1. The third-order valence-electron chi connectivity index (χ3n) is 3.56. The molecule has 1 N–H and O–H groups in total. The molecule has 0 amide bonds. The van der Waals surface area contributed by atoms with E-state index in [4.69, 9.17) is 9.47 Å². The molecule has 0 unspecified atom stereocenters. The Hall–Kier alpha value is -0.580. The van der Waals surface area contributed by atoms with Crippen LogP contribution in [0.1, 0.15) is 19.4 Å². The summed E-state index contributed by atoms with van der Waals surface area (Å²) in [6, 6.07) is 6.35. The second-order valence-electron chi connectivity index (χ2n) is 5.30. The molecule has 92 valence electrons. The molecule has 0 aliphatic carbocycles. The Labute approximate surface area is 110 Å². The Morgan fingerprint density at radius 2 is 1.94 bits per heavy atom. The van der Waals surface area contributed by atoms with Gasteiger partial charge in [0.25, 0.3) is 0 Å². The van der Waals surface area contributed by atoms with E-state index in [9.17, 15) is 0 Å². The van der Waals surface area contributed by atoms with Crippen molar-refractivity contribution in [1.29, 1.82) is 0 Å². The molecule has 0 radical (unpaired) electrons. The average molecular weight is 298 g/mol. The van der Waals surface area contributed by atoms with Gasteiger partial charge in [-0.1, -0.05) is 22.0 Å². The van der Waals surface area contributed by atoms with E-state index in [1.54, 1.807) is 0 Å². The molecular weight excluding hydrogens is 282 g/mol. The minimum Gasteiger partial charge on any atom is -0.384 e. The SMILES string of the molecule is CC1(C)OCC2(CNc3cc(Br)ccc32)CO1. The Morgan fingerprint density at radius 1 is 1.24 bits per heavy atom. The number of hydrogen-bond acceptors (Lipinski definition) is 3. The second kappa shape index (κ2) is 3.70. The maximum Gasteiger partial charge on any atom is 0.162 e. The van der Waals surface area contributed by atoms with Crippen LogP contribution < -0.4 is 5.32 Å². The molecule has 1 fully saturated rings. The summed E-state index contributed by atoms with van der Waals surface area (Å²) in [7, 11) is 0. The molecular formula is C13H16BrNO2. The lowest BCUT2D eigenvalue weighted by Crippen LogP contribution is -2.50. The number of halogens is 1. The Kier molecular flexibility index (Phi) is 2.51. The summed E-state index contributed by atoms with van der Waals surface area (Å²) in [5, 5.41) is 3.44. The number of fused-ring (bicyclic) bond motifs is 2. The average Bonchev–Trinajstić information content (AvgIpc) is 2.62. The van der Waals surface area contributed by atoms with Gasteiger partial charge in [-0.25, -0.2) is 0 Å². The molecule has 2 heterocycles. The van der Waals surface area contributed by atoms with Crippen molar-refractivity contribution in [3.8, 4) is 0 Å². The van der Waals surface area contributed by atoms with Crippen LogP contribution >= 0.6 is 15.9 Å². The highest BCUT2D eigenvalue weighted by Gasteiger charge is 2.45. The van der Waals surface area contributed by atoms with Gasteiger partial charge >= 0.3 is 0 Å². The number of hydrogen-bond donors (Lipinski definition) is 1. The van der Waals surface area contributed by atoms with Crippen LogP contribution in [0.2, 0.25) is 0 Å². The van der Waals surface area contributed by atoms with Gasteiger partial charge in [-0.05, 0) is 31.5 Å². The zero-order valence-corrected chi connectivity index (χ0v) is 11.6. The molecule has 17 heavy (non-hydrogen) atoms. The highest BCUT2D eigenvalue weighted by Crippen LogP contribution is 2.42. The van der Waals surface area contributed by atoms with Gasteiger partial charge < -0.3 is 14.8 Å². The zero-order chi connectivity index (χ0) is 12.1. The molecule has 2 aliphatic rings. The molecule has 2 aliphatic heterocycles. The predicted molar refractivity (Wildman–Crippen MR) is 70.3 cm³/mol. The van der Waals surface area contributed by atoms with Crippen LogP contribution in [0.5, 0.6) is 0 Å². The summed E-state index contributed by atoms with van der Waals surface area (Å²) in [4.78, 5) is 0. The quantitative estimate of drug-likeness (QED) is 0.799. The number of benzene rings is 1. The first-order valence-electron chi connectivity index (χ1n) is 5.83. The summed E-state index contributed by atoms with van der Waals surface area (Å²) >= 11 is 3.49. The fourth-order valence-electron chi connectivity index (χ4n) is 2.45. The Balaban J connectivity index is 1.93. The van der Waals surface area contributed by atoms with E-state index in [0.717, 1.165) is 11.0 Å².